The number of carbonyl (C=O) groups excluding carboxylic acids is 1. The van der Waals surface area contributed by atoms with Gasteiger partial charge in [-0.1, -0.05) is 13.3 Å². The van der Waals surface area contributed by atoms with Crippen molar-refractivity contribution < 1.29 is 9.53 Å². The van der Waals surface area contributed by atoms with E-state index in [0.29, 0.717) is 12.5 Å². The first kappa shape index (κ1) is 16.5. The molecule has 0 saturated carbocycles. The number of aryl methyl sites for hydroxylation is 1. The van der Waals surface area contributed by atoms with E-state index in [9.17, 15) is 4.79 Å². The number of aromatic nitrogens is 2. The Morgan fingerprint density at radius 2 is 2.08 bits per heavy atom. The van der Waals surface area contributed by atoms with Gasteiger partial charge in [0.25, 0.3) is 0 Å². The molecule has 2 aromatic rings. The average molecular weight is 328 g/mol. The number of unbranched alkanes of at least 4 members (excludes halogenated alkanes) is 1. The van der Waals surface area contributed by atoms with Crippen LogP contribution >= 0.6 is 0 Å². The Kier molecular flexibility index (Phi) is 4.83. The third-order valence-corrected chi connectivity index (χ3v) is 4.47. The van der Waals surface area contributed by atoms with Crippen LogP contribution in [-0.4, -0.2) is 54.1 Å². The molecular weight excluding hydrogens is 304 g/mol. The Morgan fingerprint density at radius 3 is 2.79 bits per heavy atom. The van der Waals surface area contributed by atoms with E-state index in [2.05, 4.69) is 16.9 Å². The van der Waals surface area contributed by atoms with Crippen molar-refractivity contribution in [3.63, 3.8) is 0 Å². The number of piperazine rings is 1. The van der Waals surface area contributed by atoms with E-state index in [1.54, 1.807) is 7.11 Å². The molecule has 128 valence electrons. The number of fused-ring (bicyclic) bond motifs is 1. The summed E-state index contributed by atoms with van der Waals surface area (Å²) in [4.78, 5) is 25.5. The van der Waals surface area contributed by atoms with Crippen molar-refractivity contribution in [1.29, 1.82) is 0 Å². The fourth-order valence-electron chi connectivity index (χ4n) is 2.99. The summed E-state index contributed by atoms with van der Waals surface area (Å²) in [5.74, 6) is 1.55. The van der Waals surface area contributed by atoms with Gasteiger partial charge in [0, 0.05) is 31.1 Å². The molecule has 1 amide bonds. The van der Waals surface area contributed by atoms with E-state index in [1.165, 1.54) is 0 Å². The summed E-state index contributed by atoms with van der Waals surface area (Å²) in [6, 6.07) is 5.79. The Labute approximate surface area is 142 Å². The number of methoxy groups -OCH3 is 1. The zero-order chi connectivity index (χ0) is 17.1. The number of carbonyl (C=O) groups is 1. The third kappa shape index (κ3) is 3.27. The number of anilines is 1. The zero-order valence-electron chi connectivity index (χ0n) is 14.6. The molecule has 1 aliphatic heterocycles. The van der Waals surface area contributed by atoms with Gasteiger partial charge < -0.3 is 14.5 Å². The van der Waals surface area contributed by atoms with Gasteiger partial charge in [0.05, 0.1) is 24.9 Å². The van der Waals surface area contributed by atoms with Crippen molar-refractivity contribution in [2.24, 2.45) is 0 Å². The minimum absolute atomic E-state index is 0.154. The molecule has 0 N–H and O–H groups in total. The molecule has 0 bridgehead atoms. The van der Waals surface area contributed by atoms with E-state index < -0.39 is 0 Å². The number of rotatable bonds is 5. The predicted molar refractivity (Wildman–Crippen MR) is 94.5 cm³/mol. The van der Waals surface area contributed by atoms with Crippen molar-refractivity contribution in [2.45, 2.75) is 26.7 Å². The molecule has 3 rings (SSSR count). The quantitative estimate of drug-likeness (QED) is 0.843. The van der Waals surface area contributed by atoms with Crippen LogP contribution in [0.3, 0.4) is 0 Å². The normalized spacial score (nSPS) is 15.2. The number of benzene rings is 1. The zero-order valence-corrected chi connectivity index (χ0v) is 14.6. The molecule has 0 aliphatic carbocycles. The lowest BCUT2D eigenvalue weighted by molar-refractivity contribution is -0.131. The van der Waals surface area contributed by atoms with Crippen molar-refractivity contribution in [2.75, 3.05) is 38.2 Å². The first-order valence-electron chi connectivity index (χ1n) is 8.47. The molecule has 0 radical (unpaired) electrons. The van der Waals surface area contributed by atoms with E-state index in [4.69, 9.17) is 4.74 Å². The van der Waals surface area contributed by atoms with Gasteiger partial charge in [-0.15, -0.1) is 0 Å². The Balaban J connectivity index is 1.83. The highest BCUT2D eigenvalue weighted by atomic mass is 16.5. The van der Waals surface area contributed by atoms with Crippen LogP contribution in [0.1, 0.15) is 25.5 Å². The second-order valence-electron chi connectivity index (χ2n) is 6.15. The molecule has 1 aromatic heterocycles. The minimum atomic E-state index is 0.154. The lowest BCUT2D eigenvalue weighted by Crippen LogP contribution is -2.51. The molecule has 0 spiro atoms. The van der Waals surface area contributed by atoms with E-state index in [1.807, 2.05) is 34.9 Å². The predicted octanol–water partition coefficient (Wildman–Crippen LogP) is 2.40. The topological polar surface area (TPSA) is 58.6 Å². The molecule has 0 atom stereocenters. The Hall–Kier alpha value is -2.37. The van der Waals surface area contributed by atoms with Gasteiger partial charge in [-0.25, -0.2) is 9.97 Å². The van der Waals surface area contributed by atoms with Crippen LogP contribution in [0.2, 0.25) is 0 Å². The molecule has 0 unspecified atom stereocenters. The summed E-state index contributed by atoms with van der Waals surface area (Å²) in [7, 11) is 1.64. The van der Waals surface area contributed by atoms with Crippen molar-refractivity contribution in [1.82, 2.24) is 14.9 Å². The van der Waals surface area contributed by atoms with Gasteiger partial charge in [0.15, 0.2) is 0 Å². The highest BCUT2D eigenvalue weighted by Crippen LogP contribution is 2.24. The van der Waals surface area contributed by atoms with Crippen LogP contribution in [0.15, 0.2) is 18.2 Å². The maximum atomic E-state index is 12.3. The first-order chi connectivity index (χ1) is 11.6. The largest absolute Gasteiger partial charge is 0.497 e. The molecular formula is C18H24N4O2. The van der Waals surface area contributed by atoms with Crippen LogP contribution in [0.4, 0.5) is 5.95 Å². The standard InChI is InChI=1S/C18H24N4O2/c1-4-5-8-21-9-10-22(12-17(21)23)18-19-13(2)15-7-6-14(24-3)11-16(15)20-18/h6-7,11H,4-5,8-10,12H2,1-3H3. The summed E-state index contributed by atoms with van der Waals surface area (Å²) in [5.41, 5.74) is 1.76. The molecule has 24 heavy (non-hydrogen) atoms. The maximum Gasteiger partial charge on any atom is 0.242 e. The van der Waals surface area contributed by atoms with Crippen molar-refractivity contribution in [3.8, 4) is 5.75 Å². The molecule has 1 saturated heterocycles. The van der Waals surface area contributed by atoms with Gasteiger partial charge in [-0.2, -0.15) is 0 Å². The molecule has 6 nitrogen and oxygen atoms in total. The van der Waals surface area contributed by atoms with Gasteiger partial charge in [0.1, 0.15) is 5.75 Å². The lowest BCUT2D eigenvalue weighted by atomic mass is 10.2. The summed E-state index contributed by atoms with van der Waals surface area (Å²) < 4.78 is 5.28. The molecule has 1 aliphatic rings. The number of nitrogens with zero attached hydrogens (tertiary/aromatic N) is 4. The molecule has 1 aromatic carbocycles. The molecule has 6 heteroatoms. The second kappa shape index (κ2) is 7.03. The van der Waals surface area contributed by atoms with E-state index in [-0.39, 0.29) is 5.91 Å². The number of amides is 1. The van der Waals surface area contributed by atoms with Gasteiger partial charge in [-0.05, 0) is 25.5 Å². The van der Waals surface area contributed by atoms with Gasteiger partial charge >= 0.3 is 0 Å². The third-order valence-electron chi connectivity index (χ3n) is 4.47. The van der Waals surface area contributed by atoms with Gasteiger partial charge in [-0.3, -0.25) is 4.79 Å². The van der Waals surface area contributed by atoms with Crippen LogP contribution in [0.25, 0.3) is 10.9 Å². The number of ether oxygens (including phenoxy) is 1. The Bertz CT molecular complexity index is 747. The number of hydrogen-bond donors (Lipinski definition) is 0. The van der Waals surface area contributed by atoms with Crippen LogP contribution in [-0.2, 0) is 4.79 Å². The summed E-state index contributed by atoms with van der Waals surface area (Å²) >= 11 is 0. The van der Waals surface area contributed by atoms with E-state index in [0.717, 1.165) is 54.8 Å². The van der Waals surface area contributed by atoms with Crippen molar-refractivity contribution in [3.05, 3.63) is 23.9 Å². The Morgan fingerprint density at radius 1 is 1.25 bits per heavy atom. The highest BCUT2D eigenvalue weighted by molar-refractivity contribution is 5.85. The average Bonchev–Trinajstić information content (AvgIpc) is 2.60. The van der Waals surface area contributed by atoms with E-state index >= 15 is 0 Å². The monoisotopic (exact) mass is 328 g/mol. The summed E-state index contributed by atoms with van der Waals surface area (Å²) in [5, 5.41) is 1.01. The lowest BCUT2D eigenvalue weighted by Gasteiger charge is -2.34. The molecule has 1 fully saturated rings. The SMILES string of the molecule is CCCCN1CCN(c2nc(C)c3ccc(OC)cc3n2)CC1=O. The van der Waals surface area contributed by atoms with Crippen molar-refractivity contribution >= 4 is 22.8 Å². The first-order valence-corrected chi connectivity index (χ1v) is 8.47. The maximum absolute atomic E-state index is 12.3. The van der Waals surface area contributed by atoms with Crippen LogP contribution in [0.5, 0.6) is 5.75 Å². The minimum Gasteiger partial charge on any atom is -0.497 e. The fourth-order valence-corrected chi connectivity index (χ4v) is 2.99. The van der Waals surface area contributed by atoms with Gasteiger partial charge in [0.2, 0.25) is 11.9 Å². The van der Waals surface area contributed by atoms with Crippen LogP contribution < -0.4 is 9.64 Å². The molecule has 2 heterocycles. The number of hydrogen-bond acceptors (Lipinski definition) is 5. The summed E-state index contributed by atoms with van der Waals surface area (Å²) in [6.07, 6.45) is 2.15. The highest BCUT2D eigenvalue weighted by Gasteiger charge is 2.25. The second-order valence-corrected chi connectivity index (χ2v) is 6.15. The fraction of sp³-hybridized carbons (Fsp3) is 0.500. The van der Waals surface area contributed by atoms with Crippen LogP contribution in [0, 0.1) is 6.92 Å². The summed E-state index contributed by atoms with van der Waals surface area (Å²) in [6.45, 7) is 6.80. The smallest absolute Gasteiger partial charge is 0.242 e.